The second-order valence-corrected chi connectivity index (χ2v) is 12.0. The number of halogens is 1. The molecule has 1 aliphatic heterocycles. The first kappa shape index (κ1) is 37.1. The zero-order chi connectivity index (χ0) is 35.3. The molecule has 13 heteroatoms. The summed E-state index contributed by atoms with van der Waals surface area (Å²) in [5.41, 5.74) is 6.58. The average molecular weight is 785 g/mol. The highest BCUT2D eigenvalue weighted by Gasteiger charge is 2.32. The number of carbonyl (C=O) groups excluding carboxylic acids is 2. The van der Waals surface area contributed by atoms with Gasteiger partial charge in [0.1, 0.15) is 13.2 Å². The van der Waals surface area contributed by atoms with Crippen LogP contribution in [0.5, 0.6) is 23.0 Å². The number of hydrogen-bond donors (Lipinski definition) is 4. The van der Waals surface area contributed by atoms with Gasteiger partial charge in [0, 0.05) is 14.8 Å². The van der Waals surface area contributed by atoms with Crippen LogP contribution in [0.2, 0.25) is 0 Å². The molecule has 0 fully saturated rings. The molecule has 0 spiro atoms. The van der Waals surface area contributed by atoms with Crippen LogP contribution in [0.4, 0.5) is 4.79 Å². The van der Waals surface area contributed by atoms with Gasteiger partial charge in [-0.05, 0) is 103 Å². The molecular weight excluding hydrogens is 743 g/mol. The van der Waals surface area contributed by atoms with Gasteiger partial charge in [-0.3, -0.25) is 5.43 Å². The zero-order valence-corrected chi connectivity index (χ0v) is 30.0. The Hall–Kier alpha value is -4.76. The van der Waals surface area contributed by atoms with E-state index in [0.29, 0.717) is 60.5 Å². The summed E-state index contributed by atoms with van der Waals surface area (Å²) in [4.78, 5) is 24.7. The summed E-state index contributed by atoms with van der Waals surface area (Å²) in [6.07, 6.45) is 2.76. The van der Waals surface area contributed by atoms with E-state index >= 15 is 0 Å². The Bertz CT molecular complexity index is 1690. The Kier molecular flexibility index (Phi) is 13.7. The number of hydrogen-bond acceptors (Lipinski definition) is 10. The highest BCUT2D eigenvalue weighted by atomic mass is 127. The van der Waals surface area contributed by atoms with E-state index in [4.69, 9.17) is 23.7 Å². The third-order valence-corrected chi connectivity index (χ3v) is 7.94. The Morgan fingerprint density at radius 2 is 1.78 bits per heavy atom. The van der Waals surface area contributed by atoms with Gasteiger partial charge in [-0.25, -0.2) is 9.59 Å². The molecule has 260 valence electrons. The largest absolute Gasteiger partial charge is 0.490 e. The SMILES string of the molecule is C=CCc1cc(/C=N\N[C@@H](O)COc2ccc([C@@H]3NC(=O)NC(C)=C3C(=O)OC)cc2OCC)cc(OCC)c1OCc1ccc(I)cc1. The van der Waals surface area contributed by atoms with Crippen molar-refractivity contribution in [3.63, 3.8) is 0 Å². The number of nitrogens with one attached hydrogen (secondary N) is 3. The maximum absolute atomic E-state index is 12.5. The van der Waals surface area contributed by atoms with Gasteiger partial charge in [-0.2, -0.15) is 5.10 Å². The fourth-order valence-electron chi connectivity index (χ4n) is 5.05. The van der Waals surface area contributed by atoms with Crippen LogP contribution in [0.25, 0.3) is 0 Å². The van der Waals surface area contributed by atoms with Gasteiger partial charge in [-0.1, -0.05) is 24.3 Å². The van der Waals surface area contributed by atoms with E-state index in [1.54, 1.807) is 37.4 Å². The number of carbonyl (C=O) groups is 2. The number of amides is 2. The second kappa shape index (κ2) is 18.1. The van der Waals surface area contributed by atoms with Crippen LogP contribution in [0.1, 0.15) is 49.1 Å². The standard InChI is InChI=1S/C36H41IN4O8/c1-6-9-26-16-24(17-30(47-8-3)34(26)49-20-23-10-13-27(37)14-11-23)19-38-41-31(42)21-48-28-15-12-25(18-29(28)46-7-2)33-32(35(43)45-5)22(4)39-36(44)40-33/h6,10-19,31,33,41-42H,1,7-9,20-21H2,2-5H3,(H2,39,40,44)/b38-19-/t31-,33-/m0/s1. The molecule has 1 aliphatic rings. The van der Waals surface area contributed by atoms with Crippen molar-refractivity contribution in [3.8, 4) is 23.0 Å². The summed E-state index contributed by atoms with van der Waals surface area (Å²) >= 11 is 2.27. The number of nitrogens with zero attached hydrogens (tertiary/aromatic N) is 1. The van der Waals surface area contributed by atoms with E-state index in [2.05, 4.69) is 50.3 Å². The number of esters is 1. The van der Waals surface area contributed by atoms with Crippen molar-refractivity contribution in [1.82, 2.24) is 16.1 Å². The van der Waals surface area contributed by atoms with Crippen molar-refractivity contribution >= 4 is 40.8 Å². The van der Waals surface area contributed by atoms with Gasteiger partial charge in [0.2, 0.25) is 0 Å². The number of ether oxygens (including phenoxy) is 5. The summed E-state index contributed by atoms with van der Waals surface area (Å²) in [6.45, 7) is 10.2. The number of benzene rings is 3. The Balaban J connectivity index is 1.44. The topological polar surface area (TPSA) is 149 Å². The van der Waals surface area contributed by atoms with Crippen molar-refractivity contribution in [2.45, 2.75) is 46.1 Å². The van der Waals surface area contributed by atoms with Crippen molar-refractivity contribution < 1.29 is 38.4 Å². The van der Waals surface area contributed by atoms with E-state index in [0.717, 1.165) is 20.3 Å². The molecule has 0 aromatic heterocycles. The molecular formula is C36H41IN4O8. The van der Waals surface area contributed by atoms with E-state index < -0.39 is 24.3 Å². The van der Waals surface area contributed by atoms with Crippen LogP contribution in [0.15, 0.2) is 83.6 Å². The monoisotopic (exact) mass is 784 g/mol. The molecule has 0 bridgehead atoms. The van der Waals surface area contributed by atoms with Crippen molar-refractivity contribution in [2.24, 2.45) is 5.10 Å². The lowest BCUT2D eigenvalue weighted by atomic mass is 9.95. The van der Waals surface area contributed by atoms with Gasteiger partial charge < -0.3 is 39.4 Å². The molecule has 4 rings (SSSR count). The van der Waals surface area contributed by atoms with Crippen LogP contribution >= 0.6 is 22.6 Å². The summed E-state index contributed by atoms with van der Waals surface area (Å²) in [6, 6.07) is 15.7. The first-order valence-electron chi connectivity index (χ1n) is 15.7. The van der Waals surface area contributed by atoms with E-state index in [-0.39, 0.29) is 12.2 Å². The second-order valence-electron chi connectivity index (χ2n) is 10.8. The minimum atomic E-state index is -1.17. The predicted octanol–water partition coefficient (Wildman–Crippen LogP) is 5.52. The summed E-state index contributed by atoms with van der Waals surface area (Å²) in [5, 5.41) is 20.2. The van der Waals surface area contributed by atoms with Crippen LogP contribution in [0, 0.1) is 3.57 Å². The normalized spacial score (nSPS) is 14.8. The fourth-order valence-corrected chi connectivity index (χ4v) is 5.41. The van der Waals surface area contributed by atoms with Gasteiger partial charge in [0.05, 0.1) is 38.2 Å². The van der Waals surface area contributed by atoms with Crippen molar-refractivity contribution in [1.29, 1.82) is 0 Å². The lowest BCUT2D eigenvalue weighted by Gasteiger charge is -2.28. The number of aliphatic hydroxyl groups excluding tert-OH is 1. The van der Waals surface area contributed by atoms with Gasteiger partial charge >= 0.3 is 12.0 Å². The molecule has 3 aromatic rings. The van der Waals surface area contributed by atoms with Crippen LogP contribution < -0.4 is 35.0 Å². The highest BCUT2D eigenvalue weighted by Crippen LogP contribution is 2.36. The minimum absolute atomic E-state index is 0.162. The molecule has 0 unspecified atom stereocenters. The van der Waals surface area contributed by atoms with Crippen LogP contribution in [0.3, 0.4) is 0 Å². The van der Waals surface area contributed by atoms with Crippen molar-refractivity contribution in [3.05, 3.63) is 104 Å². The fraction of sp³-hybridized carbons (Fsp3) is 0.306. The molecule has 2 amide bonds. The summed E-state index contributed by atoms with van der Waals surface area (Å²) in [7, 11) is 1.28. The highest BCUT2D eigenvalue weighted by molar-refractivity contribution is 14.1. The maximum Gasteiger partial charge on any atom is 0.337 e. The molecule has 3 aromatic carbocycles. The molecule has 2 atom stereocenters. The molecule has 0 aliphatic carbocycles. The molecule has 0 saturated heterocycles. The molecule has 49 heavy (non-hydrogen) atoms. The summed E-state index contributed by atoms with van der Waals surface area (Å²) < 4.78 is 29.9. The Labute approximate surface area is 299 Å². The summed E-state index contributed by atoms with van der Waals surface area (Å²) in [5.74, 6) is 1.37. The third kappa shape index (κ3) is 10.1. The van der Waals surface area contributed by atoms with E-state index in [1.165, 1.54) is 7.11 Å². The third-order valence-electron chi connectivity index (χ3n) is 7.22. The van der Waals surface area contributed by atoms with E-state index in [1.807, 2.05) is 50.2 Å². The van der Waals surface area contributed by atoms with Gasteiger partial charge in [-0.15, -0.1) is 6.58 Å². The molecule has 1 heterocycles. The number of allylic oxidation sites excluding steroid dienone is 2. The van der Waals surface area contributed by atoms with Gasteiger partial charge in [0.25, 0.3) is 0 Å². The smallest absolute Gasteiger partial charge is 0.337 e. The van der Waals surface area contributed by atoms with E-state index in [9.17, 15) is 14.7 Å². The van der Waals surface area contributed by atoms with Crippen LogP contribution in [-0.2, 0) is 22.6 Å². The number of aliphatic hydroxyl groups is 1. The quantitative estimate of drug-likeness (QED) is 0.0347. The number of rotatable bonds is 17. The maximum atomic E-state index is 12.5. The van der Waals surface area contributed by atoms with Crippen molar-refractivity contribution in [2.75, 3.05) is 26.9 Å². The molecule has 0 saturated carbocycles. The lowest BCUT2D eigenvalue weighted by molar-refractivity contribution is -0.136. The first-order chi connectivity index (χ1) is 23.7. The minimum Gasteiger partial charge on any atom is -0.490 e. The molecule has 4 N–H and O–H groups in total. The average Bonchev–Trinajstić information content (AvgIpc) is 3.08. The Morgan fingerprint density at radius 1 is 1.04 bits per heavy atom. The Morgan fingerprint density at radius 3 is 2.47 bits per heavy atom. The lowest BCUT2D eigenvalue weighted by Crippen LogP contribution is -2.45. The number of hydrazone groups is 1. The van der Waals surface area contributed by atoms with Crippen LogP contribution in [-0.4, -0.2) is 56.5 Å². The number of urea groups is 1. The predicted molar refractivity (Wildman–Crippen MR) is 194 cm³/mol. The molecule has 12 nitrogen and oxygen atoms in total. The zero-order valence-electron chi connectivity index (χ0n) is 27.9. The molecule has 0 radical (unpaired) electrons. The van der Waals surface area contributed by atoms with Gasteiger partial charge in [0.15, 0.2) is 29.2 Å². The number of methoxy groups -OCH3 is 1. The first-order valence-corrected chi connectivity index (χ1v) is 16.8.